The summed E-state index contributed by atoms with van der Waals surface area (Å²) in [5, 5.41) is 3.21. The largest absolute Gasteiger partial charge is 0.316 e. The van der Waals surface area contributed by atoms with E-state index in [2.05, 4.69) is 53.5 Å². The average Bonchev–Trinajstić information content (AvgIpc) is 2.40. The van der Waals surface area contributed by atoms with E-state index in [0.29, 0.717) is 0 Å². The van der Waals surface area contributed by atoms with E-state index >= 15 is 0 Å². The Bertz CT molecular complexity index is 381. The molecule has 0 saturated carbocycles. The SMILES string of the molecule is CNCc1cccc(CN2CCC(N(C)C)CC2)c1. The Morgan fingerprint density at radius 3 is 2.53 bits per heavy atom. The van der Waals surface area contributed by atoms with Crippen LogP contribution >= 0.6 is 0 Å². The maximum atomic E-state index is 3.21. The molecule has 0 radical (unpaired) electrons. The van der Waals surface area contributed by atoms with Crippen LogP contribution in [0.2, 0.25) is 0 Å². The van der Waals surface area contributed by atoms with E-state index in [4.69, 9.17) is 0 Å². The van der Waals surface area contributed by atoms with Gasteiger partial charge in [-0.1, -0.05) is 24.3 Å². The topological polar surface area (TPSA) is 18.5 Å². The quantitative estimate of drug-likeness (QED) is 0.874. The van der Waals surface area contributed by atoms with Gasteiger partial charge in [0.25, 0.3) is 0 Å². The van der Waals surface area contributed by atoms with E-state index in [1.165, 1.54) is 37.1 Å². The second-order valence-corrected chi connectivity index (χ2v) is 5.82. The lowest BCUT2D eigenvalue weighted by Crippen LogP contribution is -2.41. The molecule has 0 aromatic heterocycles. The van der Waals surface area contributed by atoms with Crippen molar-refractivity contribution in [3.8, 4) is 0 Å². The molecule has 1 saturated heterocycles. The van der Waals surface area contributed by atoms with Gasteiger partial charge in [0.2, 0.25) is 0 Å². The van der Waals surface area contributed by atoms with Crippen LogP contribution in [0.4, 0.5) is 0 Å². The zero-order valence-corrected chi connectivity index (χ0v) is 12.5. The zero-order chi connectivity index (χ0) is 13.7. The van der Waals surface area contributed by atoms with Gasteiger partial charge in [-0.3, -0.25) is 4.90 Å². The van der Waals surface area contributed by atoms with Crippen LogP contribution in [-0.4, -0.2) is 50.1 Å². The Hall–Kier alpha value is -0.900. The molecule has 2 rings (SSSR count). The Labute approximate surface area is 117 Å². The molecular formula is C16H27N3. The summed E-state index contributed by atoms with van der Waals surface area (Å²) in [6.45, 7) is 4.49. The first-order chi connectivity index (χ1) is 9.19. The summed E-state index contributed by atoms with van der Waals surface area (Å²) in [4.78, 5) is 4.95. The van der Waals surface area contributed by atoms with Crippen molar-refractivity contribution in [2.24, 2.45) is 0 Å². The first kappa shape index (κ1) is 14.5. The van der Waals surface area contributed by atoms with Crippen LogP contribution in [0.5, 0.6) is 0 Å². The van der Waals surface area contributed by atoms with Crippen molar-refractivity contribution in [1.29, 1.82) is 0 Å². The number of piperidine rings is 1. The molecule has 0 aliphatic carbocycles. The van der Waals surface area contributed by atoms with E-state index in [1.54, 1.807) is 0 Å². The minimum Gasteiger partial charge on any atom is -0.316 e. The molecule has 1 aliphatic rings. The maximum Gasteiger partial charge on any atom is 0.0233 e. The van der Waals surface area contributed by atoms with Crippen LogP contribution in [0, 0.1) is 0 Å². The van der Waals surface area contributed by atoms with Crippen molar-refractivity contribution in [1.82, 2.24) is 15.1 Å². The van der Waals surface area contributed by atoms with Crippen LogP contribution in [0.1, 0.15) is 24.0 Å². The normalized spacial score (nSPS) is 18.1. The van der Waals surface area contributed by atoms with E-state index in [0.717, 1.165) is 19.1 Å². The van der Waals surface area contributed by atoms with Gasteiger partial charge in [-0.2, -0.15) is 0 Å². The lowest BCUT2D eigenvalue weighted by molar-refractivity contribution is 0.140. The van der Waals surface area contributed by atoms with Crippen LogP contribution in [0.3, 0.4) is 0 Å². The zero-order valence-electron chi connectivity index (χ0n) is 12.5. The standard InChI is InChI=1S/C16H27N3/c1-17-12-14-5-4-6-15(11-14)13-19-9-7-16(8-10-19)18(2)3/h4-6,11,16-17H,7-10,12-13H2,1-3H3. The molecule has 19 heavy (non-hydrogen) atoms. The molecule has 3 heteroatoms. The van der Waals surface area contributed by atoms with Gasteiger partial charge in [0.15, 0.2) is 0 Å². The summed E-state index contributed by atoms with van der Waals surface area (Å²) in [6.07, 6.45) is 2.59. The second-order valence-electron chi connectivity index (χ2n) is 5.82. The third-order valence-corrected chi connectivity index (χ3v) is 4.07. The van der Waals surface area contributed by atoms with Gasteiger partial charge in [0.1, 0.15) is 0 Å². The van der Waals surface area contributed by atoms with Crippen molar-refractivity contribution in [2.45, 2.75) is 32.0 Å². The molecule has 0 amide bonds. The minimum absolute atomic E-state index is 0.770. The molecule has 1 fully saturated rings. The van der Waals surface area contributed by atoms with Crippen LogP contribution in [0.25, 0.3) is 0 Å². The number of rotatable bonds is 5. The summed E-state index contributed by atoms with van der Waals surface area (Å²) in [5.74, 6) is 0. The predicted octanol–water partition coefficient (Wildman–Crippen LogP) is 1.93. The van der Waals surface area contributed by atoms with Crippen LogP contribution in [-0.2, 0) is 13.1 Å². The lowest BCUT2D eigenvalue weighted by atomic mass is 10.0. The van der Waals surface area contributed by atoms with E-state index in [1.807, 2.05) is 7.05 Å². The van der Waals surface area contributed by atoms with Crippen molar-refractivity contribution in [3.05, 3.63) is 35.4 Å². The average molecular weight is 261 g/mol. The number of nitrogens with one attached hydrogen (secondary N) is 1. The molecule has 0 bridgehead atoms. The number of benzene rings is 1. The van der Waals surface area contributed by atoms with Gasteiger partial charge in [-0.15, -0.1) is 0 Å². The highest BCUT2D eigenvalue weighted by Crippen LogP contribution is 2.17. The molecule has 1 aliphatic heterocycles. The van der Waals surface area contributed by atoms with Crippen molar-refractivity contribution < 1.29 is 0 Å². The molecular weight excluding hydrogens is 234 g/mol. The van der Waals surface area contributed by atoms with Crippen LogP contribution in [0.15, 0.2) is 24.3 Å². The van der Waals surface area contributed by atoms with Crippen molar-refractivity contribution in [3.63, 3.8) is 0 Å². The summed E-state index contributed by atoms with van der Waals surface area (Å²) < 4.78 is 0. The Balaban J connectivity index is 1.86. The molecule has 1 N–H and O–H groups in total. The molecule has 3 nitrogen and oxygen atoms in total. The van der Waals surface area contributed by atoms with E-state index in [-0.39, 0.29) is 0 Å². The van der Waals surface area contributed by atoms with E-state index in [9.17, 15) is 0 Å². The first-order valence-electron chi connectivity index (χ1n) is 7.30. The third-order valence-electron chi connectivity index (χ3n) is 4.07. The van der Waals surface area contributed by atoms with E-state index < -0.39 is 0 Å². The number of likely N-dealkylation sites (tertiary alicyclic amines) is 1. The maximum absolute atomic E-state index is 3.21. The Morgan fingerprint density at radius 1 is 1.21 bits per heavy atom. The predicted molar refractivity (Wildman–Crippen MR) is 81.2 cm³/mol. The fourth-order valence-corrected chi connectivity index (χ4v) is 2.89. The molecule has 1 aromatic carbocycles. The summed E-state index contributed by atoms with van der Waals surface area (Å²) in [6, 6.07) is 9.71. The monoisotopic (exact) mass is 261 g/mol. The molecule has 106 valence electrons. The molecule has 0 atom stereocenters. The Morgan fingerprint density at radius 2 is 1.89 bits per heavy atom. The highest BCUT2D eigenvalue weighted by molar-refractivity contribution is 5.23. The third kappa shape index (κ3) is 4.30. The highest BCUT2D eigenvalue weighted by Gasteiger charge is 2.20. The molecule has 1 aromatic rings. The number of nitrogens with zero attached hydrogens (tertiary/aromatic N) is 2. The number of hydrogen-bond acceptors (Lipinski definition) is 3. The van der Waals surface area contributed by atoms with Gasteiger partial charge in [0, 0.05) is 19.1 Å². The van der Waals surface area contributed by atoms with Crippen molar-refractivity contribution >= 4 is 0 Å². The van der Waals surface area contributed by atoms with Crippen LogP contribution < -0.4 is 5.32 Å². The first-order valence-corrected chi connectivity index (χ1v) is 7.30. The highest BCUT2D eigenvalue weighted by atomic mass is 15.2. The fourth-order valence-electron chi connectivity index (χ4n) is 2.89. The van der Waals surface area contributed by atoms with Gasteiger partial charge in [0.05, 0.1) is 0 Å². The summed E-state index contributed by atoms with van der Waals surface area (Å²) in [7, 11) is 6.39. The minimum atomic E-state index is 0.770. The van der Waals surface area contributed by atoms with Crippen molar-refractivity contribution in [2.75, 3.05) is 34.2 Å². The second kappa shape index (κ2) is 7.04. The smallest absolute Gasteiger partial charge is 0.0233 e. The Kier molecular flexibility index (Phi) is 5.37. The van der Waals surface area contributed by atoms with Gasteiger partial charge in [-0.25, -0.2) is 0 Å². The van der Waals surface area contributed by atoms with Gasteiger partial charge in [-0.05, 0) is 58.2 Å². The summed E-state index contributed by atoms with van der Waals surface area (Å²) >= 11 is 0. The lowest BCUT2D eigenvalue weighted by Gasteiger charge is -2.35. The molecule has 0 unspecified atom stereocenters. The molecule has 1 heterocycles. The van der Waals surface area contributed by atoms with Gasteiger partial charge >= 0.3 is 0 Å². The fraction of sp³-hybridized carbons (Fsp3) is 0.625. The number of hydrogen-bond donors (Lipinski definition) is 1. The molecule has 0 spiro atoms. The van der Waals surface area contributed by atoms with Gasteiger partial charge < -0.3 is 10.2 Å². The summed E-state index contributed by atoms with van der Waals surface area (Å²) in [5.41, 5.74) is 2.82.